The van der Waals surface area contributed by atoms with E-state index in [2.05, 4.69) is 49.9 Å². The van der Waals surface area contributed by atoms with Gasteiger partial charge in [-0.15, -0.1) is 0 Å². The molecule has 1 heterocycles. The van der Waals surface area contributed by atoms with Crippen molar-refractivity contribution >= 4 is 0 Å². The van der Waals surface area contributed by atoms with Crippen molar-refractivity contribution in [3.8, 4) is 0 Å². The summed E-state index contributed by atoms with van der Waals surface area (Å²) in [5.74, 6) is 0. The molecule has 2 rings (SSSR count). The maximum absolute atomic E-state index is 6.07. The Balaban J connectivity index is 2.23. The second-order valence-corrected chi connectivity index (χ2v) is 5.52. The third-order valence-electron chi connectivity index (χ3n) is 3.91. The van der Waals surface area contributed by atoms with Crippen LogP contribution in [0.1, 0.15) is 37.9 Å². The zero-order valence-corrected chi connectivity index (χ0v) is 12.3. The third kappa shape index (κ3) is 3.35. The zero-order chi connectivity index (χ0) is 13.8. The molecule has 0 bridgehead atoms. The lowest BCUT2D eigenvalue weighted by Crippen LogP contribution is -2.48. The molecular weight excluding hydrogens is 236 g/mol. The van der Waals surface area contributed by atoms with Crippen LogP contribution >= 0.6 is 0 Å². The highest BCUT2D eigenvalue weighted by Crippen LogP contribution is 2.26. The maximum Gasteiger partial charge on any atom is 0.0678 e. The van der Waals surface area contributed by atoms with E-state index >= 15 is 0 Å². The van der Waals surface area contributed by atoms with Gasteiger partial charge in [-0.3, -0.25) is 4.90 Å². The second kappa shape index (κ2) is 6.51. The molecule has 3 nitrogen and oxygen atoms in total. The van der Waals surface area contributed by atoms with Gasteiger partial charge in [-0.2, -0.15) is 0 Å². The van der Waals surface area contributed by atoms with Gasteiger partial charge in [-0.1, -0.05) is 31.2 Å². The van der Waals surface area contributed by atoms with Gasteiger partial charge in [-0.25, -0.2) is 0 Å². The Labute approximate surface area is 116 Å². The van der Waals surface area contributed by atoms with Gasteiger partial charge in [0.25, 0.3) is 0 Å². The molecule has 0 aromatic heterocycles. The van der Waals surface area contributed by atoms with Crippen molar-refractivity contribution in [1.29, 1.82) is 0 Å². The van der Waals surface area contributed by atoms with E-state index in [1.165, 1.54) is 11.1 Å². The first-order valence-electron chi connectivity index (χ1n) is 7.33. The lowest BCUT2D eigenvalue weighted by Gasteiger charge is -2.40. The number of aryl methyl sites for hydroxylation is 1. The summed E-state index contributed by atoms with van der Waals surface area (Å²) in [6, 6.07) is 8.97. The molecule has 0 aliphatic carbocycles. The molecule has 1 aliphatic rings. The molecular formula is C16H26N2O. The number of nitrogens with two attached hydrogens (primary N) is 1. The highest BCUT2D eigenvalue weighted by Gasteiger charge is 2.28. The fourth-order valence-electron chi connectivity index (χ4n) is 3.13. The Morgan fingerprint density at radius 1 is 1.26 bits per heavy atom. The number of benzene rings is 1. The summed E-state index contributed by atoms with van der Waals surface area (Å²) in [5.41, 5.74) is 8.86. The summed E-state index contributed by atoms with van der Waals surface area (Å²) in [5, 5.41) is 0. The molecule has 1 aromatic rings. The van der Waals surface area contributed by atoms with Crippen molar-refractivity contribution in [2.45, 2.75) is 45.4 Å². The molecule has 1 saturated heterocycles. The first kappa shape index (κ1) is 14.5. The van der Waals surface area contributed by atoms with Crippen molar-refractivity contribution in [2.24, 2.45) is 5.73 Å². The number of rotatable bonds is 4. The van der Waals surface area contributed by atoms with Crippen LogP contribution in [0.5, 0.6) is 0 Å². The predicted octanol–water partition coefficient (Wildman–Crippen LogP) is 2.36. The minimum Gasteiger partial charge on any atom is -0.373 e. The van der Waals surface area contributed by atoms with E-state index in [9.17, 15) is 0 Å². The van der Waals surface area contributed by atoms with Gasteiger partial charge >= 0.3 is 0 Å². The molecule has 0 spiro atoms. The van der Waals surface area contributed by atoms with Crippen LogP contribution < -0.4 is 5.73 Å². The molecule has 3 unspecified atom stereocenters. The van der Waals surface area contributed by atoms with Crippen molar-refractivity contribution in [3.63, 3.8) is 0 Å². The van der Waals surface area contributed by atoms with Gasteiger partial charge in [-0.05, 0) is 31.4 Å². The van der Waals surface area contributed by atoms with Gasteiger partial charge in [0.15, 0.2) is 0 Å². The molecule has 0 radical (unpaired) electrons. The van der Waals surface area contributed by atoms with Crippen LogP contribution in [-0.4, -0.2) is 36.7 Å². The van der Waals surface area contributed by atoms with Crippen molar-refractivity contribution in [2.75, 3.05) is 19.6 Å². The third-order valence-corrected chi connectivity index (χ3v) is 3.91. The lowest BCUT2D eigenvalue weighted by molar-refractivity contribution is -0.0800. The van der Waals surface area contributed by atoms with Gasteiger partial charge in [0.2, 0.25) is 0 Å². The molecule has 2 N–H and O–H groups in total. The minimum absolute atomic E-state index is 0.284. The zero-order valence-electron chi connectivity index (χ0n) is 12.3. The summed E-state index contributed by atoms with van der Waals surface area (Å²) < 4.78 is 5.82. The van der Waals surface area contributed by atoms with E-state index in [-0.39, 0.29) is 12.2 Å². The van der Waals surface area contributed by atoms with Crippen molar-refractivity contribution in [3.05, 3.63) is 35.4 Å². The Bertz CT molecular complexity index is 397. The topological polar surface area (TPSA) is 38.5 Å². The van der Waals surface area contributed by atoms with Crippen LogP contribution in [0.15, 0.2) is 24.3 Å². The molecule has 0 saturated carbocycles. The Hall–Kier alpha value is -0.900. The summed E-state index contributed by atoms with van der Waals surface area (Å²) in [7, 11) is 0. The molecule has 3 atom stereocenters. The van der Waals surface area contributed by atoms with E-state index < -0.39 is 0 Å². The standard InChI is InChI=1S/C16H26N2O/c1-4-14-7-5-6-8-15(14)16(9-17)18-10-12(2)19-13(3)11-18/h5-8,12-13,16H,4,9-11,17H2,1-3H3. The predicted molar refractivity (Wildman–Crippen MR) is 79.2 cm³/mol. The van der Waals surface area contributed by atoms with E-state index in [0.717, 1.165) is 19.5 Å². The molecule has 1 fully saturated rings. The molecule has 0 amide bonds. The fourth-order valence-corrected chi connectivity index (χ4v) is 3.13. The van der Waals surface area contributed by atoms with Gasteiger partial charge in [0, 0.05) is 25.7 Å². The molecule has 19 heavy (non-hydrogen) atoms. The fraction of sp³-hybridized carbons (Fsp3) is 0.625. The number of nitrogens with zero attached hydrogens (tertiary/aromatic N) is 1. The molecule has 106 valence electrons. The van der Waals surface area contributed by atoms with Crippen molar-refractivity contribution in [1.82, 2.24) is 4.90 Å². The minimum atomic E-state index is 0.284. The van der Waals surface area contributed by atoms with Crippen LogP contribution in [0.3, 0.4) is 0 Å². The van der Waals surface area contributed by atoms with E-state index in [4.69, 9.17) is 10.5 Å². The highest BCUT2D eigenvalue weighted by atomic mass is 16.5. The van der Waals surface area contributed by atoms with Gasteiger partial charge < -0.3 is 10.5 Å². The maximum atomic E-state index is 6.07. The van der Waals surface area contributed by atoms with E-state index in [1.807, 2.05) is 0 Å². The Morgan fingerprint density at radius 2 is 1.89 bits per heavy atom. The van der Waals surface area contributed by atoms with Crippen LogP contribution in [0.25, 0.3) is 0 Å². The van der Waals surface area contributed by atoms with E-state index in [1.54, 1.807) is 0 Å². The SMILES string of the molecule is CCc1ccccc1C(CN)N1CC(C)OC(C)C1. The number of morpholine rings is 1. The van der Waals surface area contributed by atoms with Crippen LogP contribution in [0.2, 0.25) is 0 Å². The van der Waals surface area contributed by atoms with Crippen LogP contribution in [0.4, 0.5) is 0 Å². The number of hydrogen-bond donors (Lipinski definition) is 1. The smallest absolute Gasteiger partial charge is 0.0678 e. The van der Waals surface area contributed by atoms with Crippen LogP contribution in [-0.2, 0) is 11.2 Å². The summed E-state index contributed by atoms with van der Waals surface area (Å²) in [6.07, 6.45) is 1.63. The summed E-state index contributed by atoms with van der Waals surface area (Å²) in [4.78, 5) is 2.48. The summed E-state index contributed by atoms with van der Waals surface area (Å²) >= 11 is 0. The first-order chi connectivity index (χ1) is 9.15. The van der Waals surface area contributed by atoms with Gasteiger partial charge in [0.05, 0.1) is 12.2 Å². The monoisotopic (exact) mass is 262 g/mol. The normalized spacial score (nSPS) is 26.3. The van der Waals surface area contributed by atoms with E-state index in [0.29, 0.717) is 12.6 Å². The average Bonchev–Trinajstić information content (AvgIpc) is 2.39. The largest absolute Gasteiger partial charge is 0.373 e. The summed E-state index contributed by atoms with van der Waals surface area (Å²) in [6.45, 7) is 9.08. The number of hydrogen-bond acceptors (Lipinski definition) is 3. The molecule has 1 aromatic carbocycles. The lowest BCUT2D eigenvalue weighted by atomic mass is 9.96. The molecule has 1 aliphatic heterocycles. The second-order valence-electron chi connectivity index (χ2n) is 5.52. The Kier molecular flexibility index (Phi) is 4.97. The number of ether oxygens (including phenoxy) is 1. The van der Waals surface area contributed by atoms with Crippen LogP contribution in [0, 0.1) is 0 Å². The first-order valence-corrected chi connectivity index (χ1v) is 7.33. The van der Waals surface area contributed by atoms with Crippen molar-refractivity contribution < 1.29 is 4.74 Å². The quantitative estimate of drug-likeness (QED) is 0.905. The average molecular weight is 262 g/mol. The Morgan fingerprint density at radius 3 is 2.47 bits per heavy atom. The van der Waals surface area contributed by atoms with Gasteiger partial charge in [0.1, 0.15) is 0 Å². The molecule has 3 heteroatoms. The highest BCUT2D eigenvalue weighted by molar-refractivity contribution is 5.30.